The largest absolute Gasteiger partial charge is 0.391 e. The van der Waals surface area contributed by atoms with Crippen molar-refractivity contribution in [2.24, 2.45) is 12.2 Å². The van der Waals surface area contributed by atoms with Crippen LogP contribution in [0.15, 0.2) is 34.7 Å². The van der Waals surface area contributed by atoms with E-state index in [0.717, 1.165) is 16.8 Å². The van der Waals surface area contributed by atoms with Gasteiger partial charge in [0.2, 0.25) is 0 Å². The summed E-state index contributed by atoms with van der Waals surface area (Å²) in [7, 11) is 1.55. The Morgan fingerprint density at radius 1 is 1.43 bits per heavy atom. The van der Waals surface area contributed by atoms with Gasteiger partial charge in [-0.25, -0.2) is 4.79 Å². The molecule has 2 rings (SSSR count). The molecular weight excluding hydrogens is 270 g/mol. The number of nitrogens with zero attached hydrogens (tertiary/aromatic N) is 5. The number of rotatable bonds is 5. The quantitative estimate of drug-likeness (QED) is 0.617. The van der Waals surface area contributed by atoms with Crippen LogP contribution in [0.3, 0.4) is 0 Å². The third-order valence-corrected chi connectivity index (χ3v) is 2.81. The third kappa shape index (κ3) is 3.07. The summed E-state index contributed by atoms with van der Waals surface area (Å²) in [5.74, 6) is 0. The van der Waals surface area contributed by atoms with Crippen molar-refractivity contribution in [1.29, 1.82) is 0 Å². The lowest BCUT2D eigenvalue weighted by molar-refractivity contribution is 0.130. The predicted molar refractivity (Wildman–Crippen MR) is 80.3 cm³/mol. The number of aromatic nitrogens is 4. The molecular formula is C14H17N5O2. The van der Waals surface area contributed by atoms with Gasteiger partial charge in [-0.15, -0.1) is 0 Å². The molecule has 0 atom stereocenters. The van der Waals surface area contributed by atoms with Crippen LogP contribution >= 0.6 is 0 Å². The second-order valence-electron chi connectivity index (χ2n) is 4.66. The van der Waals surface area contributed by atoms with Gasteiger partial charge in [-0.3, -0.25) is 0 Å². The number of oxime groups is 1. The summed E-state index contributed by atoms with van der Waals surface area (Å²) in [5, 5.41) is 11.5. The number of tetrazole rings is 1. The average Bonchev–Trinajstić information content (AvgIpc) is 2.79. The molecule has 0 fully saturated rings. The summed E-state index contributed by atoms with van der Waals surface area (Å²) in [4.78, 5) is 17.3. The molecule has 0 bridgehead atoms. The maximum Gasteiger partial charge on any atom is 0.368 e. The van der Waals surface area contributed by atoms with Crippen molar-refractivity contribution in [2.75, 3.05) is 0 Å². The van der Waals surface area contributed by atoms with E-state index in [4.69, 9.17) is 4.84 Å². The smallest absolute Gasteiger partial charge is 0.368 e. The minimum absolute atomic E-state index is 0.214. The van der Waals surface area contributed by atoms with E-state index in [1.54, 1.807) is 19.2 Å². The Morgan fingerprint density at radius 3 is 2.76 bits per heavy atom. The molecule has 0 amide bonds. The van der Waals surface area contributed by atoms with Crippen LogP contribution in [-0.4, -0.2) is 25.5 Å². The fraction of sp³-hybridized carbons (Fsp3) is 0.286. The molecule has 0 aliphatic carbocycles. The highest BCUT2D eigenvalue weighted by Crippen LogP contribution is 2.19. The van der Waals surface area contributed by atoms with Gasteiger partial charge in [0.05, 0.1) is 11.4 Å². The second-order valence-corrected chi connectivity index (χ2v) is 4.66. The SMILES string of the molecule is C=Cc1cccc(-n2nnn(C)c2=O)c1CON=C(C)C. The molecule has 1 heterocycles. The molecule has 110 valence electrons. The molecule has 0 unspecified atom stereocenters. The molecule has 1 aromatic carbocycles. The molecule has 0 saturated carbocycles. The summed E-state index contributed by atoms with van der Waals surface area (Å²) in [6.07, 6.45) is 1.70. The van der Waals surface area contributed by atoms with Gasteiger partial charge in [-0.2, -0.15) is 9.36 Å². The molecule has 7 nitrogen and oxygen atoms in total. The van der Waals surface area contributed by atoms with Crippen LogP contribution in [0.2, 0.25) is 0 Å². The molecule has 2 aromatic rings. The zero-order valence-corrected chi connectivity index (χ0v) is 12.3. The first-order valence-corrected chi connectivity index (χ1v) is 6.41. The van der Waals surface area contributed by atoms with Crippen LogP contribution in [0.5, 0.6) is 0 Å². The fourth-order valence-electron chi connectivity index (χ4n) is 1.83. The number of benzene rings is 1. The van der Waals surface area contributed by atoms with E-state index in [9.17, 15) is 4.79 Å². The van der Waals surface area contributed by atoms with Crippen LogP contribution in [0.25, 0.3) is 11.8 Å². The molecule has 0 N–H and O–H groups in total. The van der Waals surface area contributed by atoms with E-state index >= 15 is 0 Å². The summed E-state index contributed by atoms with van der Waals surface area (Å²) < 4.78 is 2.40. The molecule has 0 spiro atoms. The lowest BCUT2D eigenvalue weighted by Crippen LogP contribution is -2.23. The zero-order chi connectivity index (χ0) is 15.4. The minimum Gasteiger partial charge on any atom is -0.391 e. The highest BCUT2D eigenvalue weighted by molar-refractivity contribution is 5.78. The van der Waals surface area contributed by atoms with E-state index in [0.29, 0.717) is 5.69 Å². The Labute approximate surface area is 122 Å². The van der Waals surface area contributed by atoms with E-state index < -0.39 is 0 Å². The zero-order valence-electron chi connectivity index (χ0n) is 12.3. The standard InChI is InChI=1S/C14H17N5O2/c1-5-11-7-6-8-13(12(11)9-21-15-10(2)3)19-14(20)18(4)16-17-19/h5-8H,1,9H2,2-4H3. The highest BCUT2D eigenvalue weighted by atomic mass is 16.6. The van der Waals surface area contributed by atoms with Gasteiger partial charge < -0.3 is 4.84 Å². The van der Waals surface area contributed by atoms with Crippen molar-refractivity contribution in [2.45, 2.75) is 20.5 Å². The lowest BCUT2D eigenvalue weighted by Gasteiger charge is -2.10. The lowest BCUT2D eigenvalue weighted by atomic mass is 10.1. The first-order valence-electron chi connectivity index (χ1n) is 6.41. The third-order valence-electron chi connectivity index (χ3n) is 2.81. The van der Waals surface area contributed by atoms with Gasteiger partial charge in [-0.05, 0) is 35.9 Å². The summed E-state index contributed by atoms with van der Waals surface area (Å²) in [6.45, 7) is 7.67. The molecule has 0 aliphatic heterocycles. The summed E-state index contributed by atoms with van der Waals surface area (Å²) >= 11 is 0. The first kappa shape index (κ1) is 14.7. The maximum atomic E-state index is 12.0. The van der Waals surface area contributed by atoms with E-state index in [2.05, 4.69) is 22.2 Å². The topological polar surface area (TPSA) is 74.3 Å². The van der Waals surface area contributed by atoms with Gasteiger partial charge >= 0.3 is 5.69 Å². The number of hydrogen-bond acceptors (Lipinski definition) is 5. The Balaban J connectivity index is 2.50. The van der Waals surface area contributed by atoms with Crippen molar-refractivity contribution in [3.8, 4) is 5.69 Å². The molecule has 0 saturated heterocycles. The Bertz CT molecular complexity index is 738. The maximum absolute atomic E-state index is 12.0. The van der Waals surface area contributed by atoms with Crippen molar-refractivity contribution >= 4 is 11.8 Å². The summed E-state index contributed by atoms with van der Waals surface area (Å²) in [5.41, 5.74) is 2.72. The van der Waals surface area contributed by atoms with E-state index in [1.807, 2.05) is 26.0 Å². The number of hydrogen-bond donors (Lipinski definition) is 0. The van der Waals surface area contributed by atoms with Gasteiger partial charge in [0.1, 0.15) is 6.61 Å². The predicted octanol–water partition coefficient (Wildman–Crippen LogP) is 1.52. The highest BCUT2D eigenvalue weighted by Gasteiger charge is 2.13. The summed E-state index contributed by atoms with van der Waals surface area (Å²) in [6, 6.07) is 5.49. The normalized spacial score (nSPS) is 10.2. The van der Waals surface area contributed by atoms with Crippen molar-refractivity contribution in [3.63, 3.8) is 0 Å². The van der Waals surface area contributed by atoms with E-state index in [-0.39, 0.29) is 12.3 Å². The molecule has 21 heavy (non-hydrogen) atoms. The van der Waals surface area contributed by atoms with Crippen molar-refractivity contribution in [3.05, 3.63) is 46.4 Å². The molecule has 1 aromatic heterocycles. The Kier molecular flexibility index (Phi) is 4.32. The van der Waals surface area contributed by atoms with Crippen LogP contribution < -0.4 is 5.69 Å². The first-order chi connectivity index (χ1) is 10.0. The number of aryl methyl sites for hydroxylation is 1. The van der Waals surface area contributed by atoms with Crippen LogP contribution in [0, 0.1) is 0 Å². The van der Waals surface area contributed by atoms with E-state index in [1.165, 1.54) is 9.36 Å². The van der Waals surface area contributed by atoms with Gasteiger partial charge in [0, 0.05) is 12.6 Å². The van der Waals surface area contributed by atoms with Crippen LogP contribution in [0.1, 0.15) is 25.0 Å². The fourth-order valence-corrected chi connectivity index (χ4v) is 1.83. The minimum atomic E-state index is -0.326. The van der Waals surface area contributed by atoms with Gasteiger partial charge in [-0.1, -0.05) is 29.9 Å². The van der Waals surface area contributed by atoms with Crippen LogP contribution in [-0.2, 0) is 18.5 Å². The Hall–Kier alpha value is -2.70. The van der Waals surface area contributed by atoms with Crippen LogP contribution in [0.4, 0.5) is 0 Å². The van der Waals surface area contributed by atoms with Gasteiger partial charge in [0.25, 0.3) is 0 Å². The van der Waals surface area contributed by atoms with Gasteiger partial charge in [0.15, 0.2) is 0 Å². The average molecular weight is 287 g/mol. The Morgan fingerprint density at radius 2 is 2.19 bits per heavy atom. The van der Waals surface area contributed by atoms with Crippen molar-refractivity contribution < 1.29 is 4.84 Å². The second kappa shape index (κ2) is 6.17. The molecule has 0 radical (unpaired) electrons. The molecule has 7 heteroatoms. The van der Waals surface area contributed by atoms with Crippen molar-refractivity contribution in [1.82, 2.24) is 19.8 Å². The molecule has 0 aliphatic rings. The monoisotopic (exact) mass is 287 g/mol.